The predicted octanol–water partition coefficient (Wildman–Crippen LogP) is 2.01. The molecule has 0 N–H and O–H groups in total. The number of non-ortho nitro benzene ring substituents is 1. The molecular weight excluding hydrogens is 214 g/mol. The molecule has 80 valence electrons. The lowest BCUT2D eigenvalue weighted by atomic mass is 10.1. The number of rotatable bonds is 1. The van der Waals surface area contributed by atoms with Gasteiger partial charge in [-0.25, -0.2) is 4.79 Å². The highest BCUT2D eigenvalue weighted by Gasteiger charge is 2.29. The fourth-order valence-corrected chi connectivity index (χ4v) is 1.78. The molecule has 16 heavy (non-hydrogen) atoms. The van der Waals surface area contributed by atoms with Gasteiger partial charge in [-0.3, -0.25) is 10.1 Å². The van der Waals surface area contributed by atoms with Crippen molar-refractivity contribution >= 4 is 22.6 Å². The van der Waals surface area contributed by atoms with Crippen molar-refractivity contribution in [2.45, 2.75) is 6.61 Å². The lowest BCUT2D eigenvalue weighted by Crippen LogP contribution is -1.94. The molecule has 1 aliphatic rings. The Morgan fingerprint density at radius 2 is 2.19 bits per heavy atom. The Morgan fingerprint density at radius 3 is 2.94 bits per heavy atom. The van der Waals surface area contributed by atoms with E-state index in [4.69, 9.17) is 9.15 Å². The number of furan rings is 1. The summed E-state index contributed by atoms with van der Waals surface area (Å²) in [7, 11) is 0. The first-order valence-electron chi connectivity index (χ1n) is 4.54. The number of hydrogen-bond donors (Lipinski definition) is 0. The molecule has 0 unspecified atom stereocenters. The molecule has 6 heteroatoms. The van der Waals surface area contributed by atoms with Crippen LogP contribution in [0.15, 0.2) is 22.6 Å². The van der Waals surface area contributed by atoms with Gasteiger partial charge in [0.05, 0.1) is 4.92 Å². The van der Waals surface area contributed by atoms with Crippen LogP contribution in [0.2, 0.25) is 0 Å². The number of nitro groups is 1. The number of carbonyl (C=O) groups excluding carboxylic acids is 1. The van der Waals surface area contributed by atoms with Crippen LogP contribution in [0.25, 0.3) is 11.0 Å². The van der Waals surface area contributed by atoms with Crippen LogP contribution in [0, 0.1) is 10.1 Å². The van der Waals surface area contributed by atoms with E-state index in [1.165, 1.54) is 18.2 Å². The zero-order chi connectivity index (χ0) is 11.3. The molecule has 2 heterocycles. The Kier molecular flexibility index (Phi) is 1.57. The van der Waals surface area contributed by atoms with Crippen molar-refractivity contribution in [3.63, 3.8) is 0 Å². The van der Waals surface area contributed by atoms with Gasteiger partial charge in [0.15, 0.2) is 12.4 Å². The maximum Gasteiger partial charge on any atom is 0.342 e. The minimum atomic E-state index is -0.515. The number of fused-ring (bicyclic) bond motifs is 3. The van der Waals surface area contributed by atoms with Gasteiger partial charge in [-0.1, -0.05) is 0 Å². The summed E-state index contributed by atoms with van der Waals surface area (Å²) in [6.45, 7) is 0.0939. The summed E-state index contributed by atoms with van der Waals surface area (Å²) in [5.41, 5.74) is 0.696. The maximum atomic E-state index is 11.4. The number of nitrogens with zero attached hydrogens (tertiary/aromatic N) is 1. The number of nitro benzene ring substituents is 1. The molecule has 3 rings (SSSR count). The summed E-state index contributed by atoms with van der Waals surface area (Å²) in [4.78, 5) is 21.5. The zero-order valence-electron chi connectivity index (χ0n) is 7.93. The largest absolute Gasteiger partial charge is 0.456 e. The van der Waals surface area contributed by atoms with Crippen molar-refractivity contribution in [3.05, 3.63) is 39.6 Å². The standard InChI is InChI=1S/C10H5NO5/c12-10-9-6-3-5(11(13)14)1-2-7(6)16-8(9)4-15-10/h1-3H,4H2. The smallest absolute Gasteiger partial charge is 0.342 e. The highest BCUT2D eigenvalue weighted by molar-refractivity contribution is 6.06. The molecule has 0 radical (unpaired) electrons. The van der Waals surface area contributed by atoms with Crippen LogP contribution in [0.5, 0.6) is 0 Å². The number of ether oxygens (including phenoxy) is 1. The van der Waals surface area contributed by atoms with E-state index in [2.05, 4.69) is 0 Å². The molecular formula is C10H5NO5. The van der Waals surface area contributed by atoms with Crippen LogP contribution in [-0.2, 0) is 11.3 Å². The van der Waals surface area contributed by atoms with E-state index in [-0.39, 0.29) is 12.3 Å². The minimum absolute atomic E-state index is 0.0733. The molecule has 0 fully saturated rings. The third-order valence-corrected chi connectivity index (χ3v) is 2.49. The first kappa shape index (κ1) is 8.90. The lowest BCUT2D eigenvalue weighted by molar-refractivity contribution is -0.384. The van der Waals surface area contributed by atoms with Gasteiger partial charge < -0.3 is 9.15 Å². The molecule has 0 spiro atoms. The third kappa shape index (κ3) is 1.04. The molecule has 1 aromatic heterocycles. The van der Waals surface area contributed by atoms with E-state index < -0.39 is 10.9 Å². The average molecular weight is 219 g/mol. The Morgan fingerprint density at radius 1 is 1.38 bits per heavy atom. The van der Waals surface area contributed by atoms with Gasteiger partial charge in [0, 0.05) is 17.5 Å². The Hall–Kier alpha value is -2.37. The molecule has 0 atom stereocenters. The number of esters is 1. The van der Waals surface area contributed by atoms with Gasteiger partial charge in [0.25, 0.3) is 5.69 Å². The highest BCUT2D eigenvalue weighted by Crippen LogP contribution is 2.33. The number of carbonyl (C=O) groups is 1. The van der Waals surface area contributed by atoms with E-state index in [0.29, 0.717) is 22.3 Å². The normalized spacial score (nSPS) is 13.9. The molecule has 0 saturated heterocycles. The lowest BCUT2D eigenvalue weighted by Gasteiger charge is -1.93. The van der Waals surface area contributed by atoms with Gasteiger partial charge in [-0.05, 0) is 6.07 Å². The summed E-state index contributed by atoms with van der Waals surface area (Å²) in [6.07, 6.45) is 0. The van der Waals surface area contributed by atoms with Crippen molar-refractivity contribution in [2.75, 3.05) is 0 Å². The Labute approximate surface area is 88.6 Å². The van der Waals surface area contributed by atoms with E-state index in [0.717, 1.165) is 0 Å². The number of benzene rings is 1. The molecule has 2 aromatic rings. The van der Waals surface area contributed by atoms with Crippen LogP contribution < -0.4 is 0 Å². The summed E-state index contributed by atoms with van der Waals surface area (Å²) in [5.74, 6) is -0.0604. The fraction of sp³-hybridized carbons (Fsp3) is 0.100. The maximum absolute atomic E-state index is 11.4. The molecule has 0 amide bonds. The molecule has 0 bridgehead atoms. The zero-order valence-corrected chi connectivity index (χ0v) is 7.93. The topological polar surface area (TPSA) is 82.6 Å². The second kappa shape index (κ2) is 2.82. The monoisotopic (exact) mass is 219 g/mol. The Balaban J connectivity index is 2.33. The summed E-state index contributed by atoms with van der Waals surface area (Å²) >= 11 is 0. The fourth-order valence-electron chi connectivity index (χ4n) is 1.78. The molecule has 1 aliphatic heterocycles. The Bertz CT molecular complexity index is 627. The first-order valence-corrected chi connectivity index (χ1v) is 4.54. The van der Waals surface area contributed by atoms with Crippen molar-refractivity contribution in [2.24, 2.45) is 0 Å². The minimum Gasteiger partial charge on any atom is -0.456 e. The summed E-state index contributed by atoms with van der Waals surface area (Å²) in [6, 6.07) is 4.15. The molecule has 1 aromatic carbocycles. The van der Waals surface area contributed by atoms with Gasteiger partial charge in [-0.15, -0.1) is 0 Å². The SMILES string of the molecule is O=C1OCc2oc3ccc([N+](=O)[O-])cc3c21. The van der Waals surface area contributed by atoms with E-state index in [1.54, 1.807) is 0 Å². The third-order valence-electron chi connectivity index (χ3n) is 2.49. The number of hydrogen-bond acceptors (Lipinski definition) is 5. The van der Waals surface area contributed by atoms with Crippen LogP contribution in [0.3, 0.4) is 0 Å². The second-order valence-corrected chi connectivity index (χ2v) is 3.41. The predicted molar refractivity (Wildman–Crippen MR) is 52.0 cm³/mol. The summed E-state index contributed by atoms with van der Waals surface area (Å²) in [5, 5.41) is 11.0. The second-order valence-electron chi connectivity index (χ2n) is 3.41. The van der Waals surface area contributed by atoms with Crippen molar-refractivity contribution < 1.29 is 18.9 Å². The summed E-state index contributed by atoms with van der Waals surface area (Å²) < 4.78 is 10.1. The highest BCUT2D eigenvalue weighted by atomic mass is 16.6. The van der Waals surface area contributed by atoms with Gasteiger partial charge >= 0.3 is 5.97 Å². The van der Waals surface area contributed by atoms with Gasteiger partial charge in [0.1, 0.15) is 11.1 Å². The quantitative estimate of drug-likeness (QED) is 0.416. The molecule has 0 saturated carbocycles. The molecule has 0 aliphatic carbocycles. The van der Waals surface area contributed by atoms with Crippen molar-refractivity contribution in [1.82, 2.24) is 0 Å². The van der Waals surface area contributed by atoms with Crippen LogP contribution in [0.1, 0.15) is 16.1 Å². The number of cyclic esters (lactones) is 1. The van der Waals surface area contributed by atoms with E-state index >= 15 is 0 Å². The van der Waals surface area contributed by atoms with Crippen LogP contribution in [0.4, 0.5) is 5.69 Å². The van der Waals surface area contributed by atoms with Crippen molar-refractivity contribution in [1.29, 1.82) is 0 Å². The van der Waals surface area contributed by atoms with E-state index in [9.17, 15) is 14.9 Å². The first-order chi connectivity index (χ1) is 7.66. The van der Waals surface area contributed by atoms with Gasteiger partial charge in [0.2, 0.25) is 0 Å². The van der Waals surface area contributed by atoms with Crippen LogP contribution in [-0.4, -0.2) is 10.9 Å². The van der Waals surface area contributed by atoms with E-state index in [1.807, 2.05) is 0 Å². The van der Waals surface area contributed by atoms with Crippen LogP contribution >= 0.6 is 0 Å². The average Bonchev–Trinajstić information content (AvgIpc) is 2.78. The van der Waals surface area contributed by atoms with Crippen molar-refractivity contribution in [3.8, 4) is 0 Å². The van der Waals surface area contributed by atoms with Gasteiger partial charge in [-0.2, -0.15) is 0 Å². The molecule has 6 nitrogen and oxygen atoms in total.